The molecule has 40 heavy (non-hydrogen) atoms. The average molecular weight is 552 g/mol. The Morgan fingerprint density at radius 3 is 1.90 bits per heavy atom. The summed E-state index contributed by atoms with van der Waals surface area (Å²) in [6.45, 7) is 2.18. The number of ether oxygens (including phenoxy) is 1. The molecule has 5 amide bonds. The highest BCUT2D eigenvalue weighted by Crippen LogP contribution is 2.29. The number of aryl methyl sites for hydroxylation is 1. The molecule has 0 spiro atoms. The van der Waals surface area contributed by atoms with Crippen LogP contribution in [0.2, 0.25) is 0 Å². The zero-order valence-corrected chi connectivity index (χ0v) is 22.9. The van der Waals surface area contributed by atoms with Crippen LogP contribution in [0.4, 0.5) is 21.0 Å². The molecule has 0 bridgehead atoms. The number of hydrogen-bond acceptors (Lipinski definition) is 5. The summed E-state index contributed by atoms with van der Waals surface area (Å²) in [6.07, 6.45) is 3.19. The molecule has 2 aliphatic rings. The Kier molecular flexibility index (Phi) is 9.47. The fourth-order valence-corrected chi connectivity index (χ4v) is 5.36. The van der Waals surface area contributed by atoms with Gasteiger partial charge >= 0.3 is 18.0 Å². The van der Waals surface area contributed by atoms with E-state index in [4.69, 9.17) is 4.74 Å². The van der Waals surface area contributed by atoms with Gasteiger partial charge in [-0.15, -0.1) is 0 Å². The lowest BCUT2D eigenvalue weighted by Gasteiger charge is -2.34. The van der Waals surface area contributed by atoms with E-state index in [9.17, 15) is 24.3 Å². The van der Waals surface area contributed by atoms with E-state index >= 15 is 0 Å². The van der Waals surface area contributed by atoms with Gasteiger partial charge in [-0.2, -0.15) is 0 Å². The second-order valence-corrected chi connectivity index (χ2v) is 10.3. The number of carboxylic acid groups (broad SMARTS) is 1. The van der Waals surface area contributed by atoms with Gasteiger partial charge in [0, 0.05) is 30.5 Å². The Hall–Kier alpha value is -4.28. The molecule has 0 aromatic heterocycles. The van der Waals surface area contributed by atoms with E-state index in [0.29, 0.717) is 17.1 Å². The van der Waals surface area contributed by atoms with Crippen molar-refractivity contribution in [1.82, 2.24) is 15.1 Å². The lowest BCUT2D eigenvalue weighted by Crippen LogP contribution is -2.58. The van der Waals surface area contributed by atoms with E-state index in [1.165, 1.54) is 9.80 Å². The number of urea groups is 2. The molecule has 2 unspecified atom stereocenters. The summed E-state index contributed by atoms with van der Waals surface area (Å²) in [5.74, 6) is -0.946. The van der Waals surface area contributed by atoms with Crippen LogP contribution in [0.15, 0.2) is 48.5 Å². The first-order valence-electron chi connectivity index (χ1n) is 13.6. The molecule has 0 radical (unpaired) electrons. The normalized spacial score (nSPS) is 18.1. The van der Waals surface area contributed by atoms with E-state index in [-0.39, 0.29) is 25.4 Å². The van der Waals surface area contributed by atoms with Gasteiger partial charge < -0.3 is 25.8 Å². The molecule has 11 nitrogen and oxygen atoms in total. The number of nitrogens with zero attached hydrogens (tertiary/aromatic N) is 2. The number of hydrogen-bond donors (Lipinski definition) is 4. The molecule has 4 rings (SSSR count). The maximum Gasteiger partial charge on any atom is 0.323 e. The van der Waals surface area contributed by atoms with Gasteiger partial charge in [-0.05, 0) is 62.1 Å². The predicted molar refractivity (Wildman–Crippen MR) is 150 cm³/mol. The van der Waals surface area contributed by atoms with Crippen molar-refractivity contribution >= 4 is 35.3 Å². The molecule has 2 atom stereocenters. The molecular weight excluding hydrogens is 514 g/mol. The summed E-state index contributed by atoms with van der Waals surface area (Å²) >= 11 is 0. The van der Waals surface area contributed by atoms with Crippen molar-refractivity contribution in [1.29, 1.82) is 0 Å². The molecule has 1 aliphatic carbocycles. The second-order valence-electron chi connectivity index (χ2n) is 10.3. The third-order valence-corrected chi connectivity index (χ3v) is 7.51. The highest BCUT2D eigenvalue weighted by atomic mass is 16.5. The van der Waals surface area contributed by atoms with Gasteiger partial charge in [0.2, 0.25) is 0 Å². The van der Waals surface area contributed by atoms with Gasteiger partial charge in [0.15, 0.2) is 6.17 Å². The van der Waals surface area contributed by atoms with Crippen molar-refractivity contribution in [2.75, 3.05) is 30.8 Å². The second kappa shape index (κ2) is 13.2. The van der Waals surface area contributed by atoms with E-state index in [1.807, 2.05) is 19.1 Å². The van der Waals surface area contributed by atoms with Crippen molar-refractivity contribution in [3.05, 3.63) is 54.1 Å². The van der Waals surface area contributed by atoms with Crippen LogP contribution in [0, 0.1) is 12.8 Å². The maximum absolute atomic E-state index is 13.8. The summed E-state index contributed by atoms with van der Waals surface area (Å²) < 4.78 is 5.16. The van der Waals surface area contributed by atoms with Gasteiger partial charge in [0.25, 0.3) is 5.91 Å². The maximum atomic E-state index is 13.8. The molecule has 2 fully saturated rings. The van der Waals surface area contributed by atoms with Crippen LogP contribution in [0.25, 0.3) is 0 Å². The quantitative estimate of drug-likeness (QED) is 0.387. The summed E-state index contributed by atoms with van der Waals surface area (Å²) in [6, 6.07) is 12.3. The van der Waals surface area contributed by atoms with Crippen LogP contribution in [0.3, 0.4) is 0 Å². The van der Waals surface area contributed by atoms with Gasteiger partial charge in [-0.3, -0.25) is 19.4 Å². The van der Waals surface area contributed by atoms with Crippen molar-refractivity contribution in [2.24, 2.45) is 5.92 Å². The minimum Gasteiger partial charge on any atom is -0.497 e. The molecule has 4 N–H and O–H groups in total. The number of carboxylic acids is 1. The monoisotopic (exact) mass is 551 g/mol. The Bertz CT molecular complexity index is 1200. The van der Waals surface area contributed by atoms with Gasteiger partial charge in [-0.1, -0.05) is 37.0 Å². The van der Waals surface area contributed by atoms with Gasteiger partial charge in [-0.25, -0.2) is 9.59 Å². The summed E-state index contributed by atoms with van der Waals surface area (Å²) in [5.41, 5.74) is 2.09. The van der Waals surface area contributed by atoms with Crippen LogP contribution in [-0.4, -0.2) is 71.3 Å². The number of amides is 5. The van der Waals surface area contributed by atoms with Crippen LogP contribution >= 0.6 is 0 Å². The van der Waals surface area contributed by atoms with Crippen LogP contribution in [0.1, 0.15) is 44.1 Å². The van der Waals surface area contributed by atoms with E-state index in [0.717, 1.165) is 37.7 Å². The van der Waals surface area contributed by atoms with Crippen molar-refractivity contribution in [3.63, 3.8) is 0 Å². The summed E-state index contributed by atoms with van der Waals surface area (Å²) in [7, 11) is 1.54. The Morgan fingerprint density at radius 1 is 0.875 bits per heavy atom. The first-order valence-corrected chi connectivity index (χ1v) is 13.6. The van der Waals surface area contributed by atoms with Crippen LogP contribution in [0.5, 0.6) is 5.75 Å². The number of nitrogens with one attached hydrogen (secondary N) is 3. The molecular formula is C29H37N5O6. The van der Waals surface area contributed by atoms with Crippen LogP contribution < -0.4 is 20.7 Å². The molecule has 1 aliphatic heterocycles. The lowest BCUT2D eigenvalue weighted by molar-refractivity contribution is -0.138. The molecule has 1 heterocycles. The van der Waals surface area contributed by atoms with Crippen molar-refractivity contribution in [3.8, 4) is 5.75 Å². The third kappa shape index (κ3) is 7.22. The van der Waals surface area contributed by atoms with Crippen molar-refractivity contribution < 1.29 is 29.0 Å². The topological polar surface area (TPSA) is 140 Å². The fraction of sp³-hybridized carbons (Fsp3) is 0.448. The minimum absolute atomic E-state index is 0.0200. The number of carbonyl (C=O) groups excluding carboxylic acids is 3. The first-order chi connectivity index (χ1) is 19.2. The first kappa shape index (κ1) is 28.7. The number of anilines is 2. The number of methoxy groups -OCH3 is 1. The molecule has 2 aromatic rings. The van der Waals surface area contributed by atoms with E-state index < -0.39 is 36.1 Å². The number of benzene rings is 2. The highest BCUT2D eigenvalue weighted by Gasteiger charge is 2.44. The number of carbonyl (C=O) groups is 4. The standard InChI is InChI=1S/C29H37N5O6/c1-19-8-10-21(11-9-19)30-28(38)33-16-17-34(29(39)31-22-12-14-23(40-2)15-13-22)27(33)26(37)32-24(18-25(35)36)20-6-4-3-5-7-20/h8-15,20,24,27H,3-7,16-18H2,1-2H3,(H,30,38)(H,31,39)(H,32,37)(H,35,36). The average Bonchev–Trinajstić information content (AvgIpc) is 3.40. The largest absolute Gasteiger partial charge is 0.497 e. The van der Waals surface area contributed by atoms with E-state index in [1.54, 1.807) is 43.5 Å². The SMILES string of the molecule is COc1ccc(NC(=O)N2CCN(C(=O)Nc3ccc(C)cc3)C2C(=O)NC(CC(=O)O)C2CCCCC2)cc1. The lowest BCUT2D eigenvalue weighted by atomic mass is 9.82. The van der Waals surface area contributed by atoms with Gasteiger partial charge in [0.05, 0.1) is 13.5 Å². The predicted octanol–water partition coefficient (Wildman–Crippen LogP) is 4.25. The molecule has 214 valence electrons. The summed E-state index contributed by atoms with van der Waals surface area (Å²) in [4.78, 5) is 54.8. The Labute approximate surface area is 233 Å². The van der Waals surface area contributed by atoms with Crippen molar-refractivity contribution in [2.45, 2.75) is 57.7 Å². The summed E-state index contributed by atoms with van der Waals surface area (Å²) in [5, 5.41) is 18.0. The third-order valence-electron chi connectivity index (χ3n) is 7.51. The molecule has 11 heteroatoms. The molecule has 1 saturated heterocycles. The Morgan fingerprint density at radius 2 is 1.40 bits per heavy atom. The number of aliphatic carboxylic acids is 1. The zero-order valence-electron chi connectivity index (χ0n) is 22.9. The highest BCUT2D eigenvalue weighted by molar-refractivity contribution is 5.98. The fourth-order valence-electron chi connectivity index (χ4n) is 5.36. The van der Waals surface area contributed by atoms with Crippen LogP contribution in [-0.2, 0) is 9.59 Å². The van der Waals surface area contributed by atoms with Gasteiger partial charge in [0.1, 0.15) is 5.75 Å². The van der Waals surface area contributed by atoms with E-state index in [2.05, 4.69) is 16.0 Å². The number of rotatable bonds is 8. The molecule has 2 aromatic carbocycles. The Balaban J connectivity index is 1.56. The zero-order chi connectivity index (χ0) is 28.6. The minimum atomic E-state index is -1.26. The molecule has 1 saturated carbocycles. The smallest absolute Gasteiger partial charge is 0.323 e.